The van der Waals surface area contributed by atoms with E-state index < -0.39 is 18.2 Å². The molecule has 0 radical (unpaired) electrons. The minimum Gasteiger partial charge on any atom is -0.475 e. The molecule has 2 amide bonds. The van der Waals surface area contributed by atoms with Crippen molar-refractivity contribution in [3.05, 3.63) is 59.7 Å². The first-order valence-corrected chi connectivity index (χ1v) is 11.2. The summed E-state index contributed by atoms with van der Waals surface area (Å²) in [6.45, 7) is 0.848. The number of aliphatic carboxylic acids is 1. The Hall–Kier alpha value is -3.91. The monoisotopic (exact) mass is 504 g/mol. The summed E-state index contributed by atoms with van der Waals surface area (Å²) in [5.41, 5.74) is 3.64. The Morgan fingerprint density at radius 1 is 1.08 bits per heavy atom. The third-order valence-corrected chi connectivity index (χ3v) is 5.44. The van der Waals surface area contributed by atoms with Crippen LogP contribution in [0.25, 0.3) is 11.1 Å². The van der Waals surface area contributed by atoms with E-state index in [1.165, 1.54) is 0 Å². The number of nitrogens with one attached hydrogen (secondary N) is 3. The Morgan fingerprint density at radius 2 is 1.64 bits per heavy atom. The molecule has 2 atom stereocenters. The van der Waals surface area contributed by atoms with Crippen molar-refractivity contribution in [3.8, 4) is 17.2 Å². The molecule has 4 N–H and O–H groups in total. The fourth-order valence-corrected chi connectivity index (χ4v) is 3.50. The molecule has 1 fully saturated rings. The standard InChI is InChI=1S/C23H26N4O2.C2HF3O2/c1-25-22(28)19-11-9-18(10-12-19)17-7-5-16(6-8-17)14-20(15-24)27-23(29)21-4-2-3-13-26-21;3-2(4,5)1(6)7/h5-12,20-21,26H,2-4,13-14H2,1H3,(H,25,28)(H,27,29);(H,6,7)/t20-,21-;/m0./s1. The molecule has 36 heavy (non-hydrogen) atoms. The molecule has 1 aliphatic rings. The Balaban J connectivity index is 0.000000572. The summed E-state index contributed by atoms with van der Waals surface area (Å²) in [7, 11) is 1.61. The predicted octanol–water partition coefficient (Wildman–Crippen LogP) is 3.04. The van der Waals surface area contributed by atoms with Gasteiger partial charge >= 0.3 is 12.1 Å². The smallest absolute Gasteiger partial charge is 0.475 e. The number of nitriles is 1. The van der Waals surface area contributed by atoms with Crippen LogP contribution in [0.15, 0.2) is 48.5 Å². The lowest BCUT2D eigenvalue weighted by Gasteiger charge is -2.23. The van der Waals surface area contributed by atoms with Crippen molar-refractivity contribution in [2.45, 2.75) is 43.9 Å². The van der Waals surface area contributed by atoms with Gasteiger partial charge in [0.2, 0.25) is 5.91 Å². The van der Waals surface area contributed by atoms with E-state index in [9.17, 15) is 28.0 Å². The maximum Gasteiger partial charge on any atom is 0.490 e. The molecular formula is C25H27F3N4O4. The molecule has 0 aliphatic carbocycles. The highest BCUT2D eigenvalue weighted by Gasteiger charge is 2.38. The number of carboxylic acid groups (broad SMARTS) is 1. The second-order valence-electron chi connectivity index (χ2n) is 8.05. The molecule has 0 spiro atoms. The fraction of sp³-hybridized carbons (Fsp3) is 0.360. The lowest BCUT2D eigenvalue weighted by molar-refractivity contribution is -0.192. The summed E-state index contributed by atoms with van der Waals surface area (Å²) in [5.74, 6) is -2.96. The summed E-state index contributed by atoms with van der Waals surface area (Å²) in [6.07, 6.45) is -1.68. The number of hydrogen-bond acceptors (Lipinski definition) is 5. The number of piperidine rings is 1. The normalized spacial score (nSPS) is 15.9. The van der Waals surface area contributed by atoms with Gasteiger partial charge in [0.05, 0.1) is 12.1 Å². The van der Waals surface area contributed by atoms with Gasteiger partial charge in [0, 0.05) is 19.0 Å². The van der Waals surface area contributed by atoms with Crippen molar-refractivity contribution >= 4 is 17.8 Å². The van der Waals surface area contributed by atoms with Crippen LogP contribution in [-0.4, -0.2) is 54.7 Å². The molecule has 2 aromatic rings. The van der Waals surface area contributed by atoms with Gasteiger partial charge in [0.25, 0.3) is 5.91 Å². The van der Waals surface area contributed by atoms with Gasteiger partial charge < -0.3 is 21.1 Å². The van der Waals surface area contributed by atoms with Gasteiger partial charge in [-0.05, 0) is 48.2 Å². The van der Waals surface area contributed by atoms with E-state index in [2.05, 4.69) is 22.0 Å². The van der Waals surface area contributed by atoms with E-state index in [-0.39, 0.29) is 17.9 Å². The van der Waals surface area contributed by atoms with Crippen LogP contribution in [0.1, 0.15) is 35.2 Å². The Morgan fingerprint density at radius 3 is 2.08 bits per heavy atom. The fourth-order valence-electron chi connectivity index (χ4n) is 3.50. The molecule has 192 valence electrons. The number of halogens is 3. The van der Waals surface area contributed by atoms with E-state index in [0.717, 1.165) is 42.5 Å². The van der Waals surface area contributed by atoms with Crippen LogP contribution in [0.4, 0.5) is 13.2 Å². The molecule has 0 aromatic heterocycles. The van der Waals surface area contributed by atoms with Gasteiger partial charge in [0.15, 0.2) is 0 Å². The average Bonchev–Trinajstić information content (AvgIpc) is 2.88. The molecule has 11 heteroatoms. The molecular weight excluding hydrogens is 477 g/mol. The first kappa shape index (κ1) is 28.3. The van der Waals surface area contributed by atoms with E-state index in [4.69, 9.17) is 9.90 Å². The molecule has 3 rings (SSSR count). The number of alkyl halides is 3. The van der Waals surface area contributed by atoms with Crippen molar-refractivity contribution in [2.24, 2.45) is 0 Å². The molecule has 2 aromatic carbocycles. The number of benzene rings is 2. The zero-order valence-corrected chi connectivity index (χ0v) is 19.6. The van der Waals surface area contributed by atoms with E-state index >= 15 is 0 Å². The Bertz CT molecular complexity index is 1070. The second kappa shape index (κ2) is 13.3. The maximum absolute atomic E-state index is 12.3. The van der Waals surface area contributed by atoms with E-state index in [1.54, 1.807) is 19.2 Å². The highest BCUT2D eigenvalue weighted by atomic mass is 19.4. The number of carboxylic acids is 1. The average molecular weight is 505 g/mol. The summed E-state index contributed by atoms with van der Waals surface area (Å²) in [4.78, 5) is 32.9. The molecule has 1 aliphatic heterocycles. The summed E-state index contributed by atoms with van der Waals surface area (Å²) >= 11 is 0. The number of rotatable bonds is 6. The maximum atomic E-state index is 12.3. The van der Waals surface area contributed by atoms with Crippen molar-refractivity contribution in [2.75, 3.05) is 13.6 Å². The molecule has 0 saturated carbocycles. The summed E-state index contributed by atoms with van der Waals surface area (Å²) < 4.78 is 31.7. The van der Waals surface area contributed by atoms with E-state index in [0.29, 0.717) is 12.0 Å². The largest absolute Gasteiger partial charge is 0.490 e. The first-order valence-electron chi connectivity index (χ1n) is 11.2. The SMILES string of the molecule is CNC(=O)c1ccc(-c2ccc(C[C@@H](C#N)NC(=O)[C@@H]3CCCCN3)cc2)cc1.O=C(O)C(F)(F)F. The van der Waals surface area contributed by atoms with Gasteiger partial charge in [-0.15, -0.1) is 0 Å². The zero-order chi connectivity index (χ0) is 26.7. The van der Waals surface area contributed by atoms with Crippen molar-refractivity contribution in [3.63, 3.8) is 0 Å². The highest BCUT2D eigenvalue weighted by molar-refractivity contribution is 5.94. The minimum absolute atomic E-state index is 0.0934. The topological polar surface area (TPSA) is 131 Å². The van der Waals surface area contributed by atoms with E-state index in [1.807, 2.05) is 36.4 Å². The molecule has 0 unspecified atom stereocenters. The molecule has 1 heterocycles. The van der Waals surface area contributed by atoms with Gasteiger partial charge in [-0.1, -0.05) is 42.8 Å². The van der Waals surface area contributed by atoms with Crippen molar-refractivity contribution < 1.29 is 32.7 Å². The van der Waals surface area contributed by atoms with Gasteiger partial charge in [0.1, 0.15) is 6.04 Å². The number of nitrogens with zero attached hydrogens (tertiary/aromatic N) is 1. The summed E-state index contributed by atoms with van der Waals surface area (Å²) in [5, 5.41) is 25.2. The molecule has 0 bridgehead atoms. The quantitative estimate of drug-likeness (QED) is 0.478. The second-order valence-corrected chi connectivity index (χ2v) is 8.05. The number of carbonyl (C=O) groups excluding carboxylic acids is 2. The first-order chi connectivity index (χ1) is 17.0. The zero-order valence-electron chi connectivity index (χ0n) is 19.6. The number of carbonyl (C=O) groups is 3. The number of amides is 2. The van der Waals surface area contributed by atoms with Gasteiger partial charge in [-0.3, -0.25) is 9.59 Å². The lowest BCUT2D eigenvalue weighted by atomic mass is 9.99. The van der Waals surface area contributed by atoms with Crippen molar-refractivity contribution in [1.82, 2.24) is 16.0 Å². The molecule has 1 saturated heterocycles. The Kier molecular flexibility index (Phi) is 10.4. The van der Waals surface area contributed by atoms with Crippen LogP contribution >= 0.6 is 0 Å². The minimum atomic E-state index is -5.08. The van der Waals surface area contributed by atoms with Crippen LogP contribution in [0.5, 0.6) is 0 Å². The van der Waals surface area contributed by atoms with Crippen LogP contribution in [0, 0.1) is 11.3 Å². The van der Waals surface area contributed by atoms with Crippen LogP contribution in [-0.2, 0) is 16.0 Å². The van der Waals surface area contributed by atoms with Crippen LogP contribution in [0.3, 0.4) is 0 Å². The van der Waals surface area contributed by atoms with Crippen molar-refractivity contribution in [1.29, 1.82) is 5.26 Å². The third-order valence-electron chi connectivity index (χ3n) is 5.44. The van der Waals surface area contributed by atoms with Crippen LogP contribution < -0.4 is 16.0 Å². The van der Waals surface area contributed by atoms with Gasteiger partial charge in [-0.25, -0.2) is 4.79 Å². The predicted molar refractivity (Wildman–Crippen MR) is 126 cm³/mol. The lowest BCUT2D eigenvalue weighted by Crippen LogP contribution is -2.49. The molecule has 8 nitrogen and oxygen atoms in total. The third kappa shape index (κ3) is 8.70. The summed E-state index contributed by atoms with van der Waals surface area (Å²) in [6, 6.07) is 16.8. The van der Waals surface area contributed by atoms with Crippen LogP contribution in [0.2, 0.25) is 0 Å². The van der Waals surface area contributed by atoms with Gasteiger partial charge in [-0.2, -0.15) is 18.4 Å². The number of hydrogen-bond donors (Lipinski definition) is 4. The highest BCUT2D eigenvalue weighted by Crippen LogP contribution is 2.21. The Labute approximate surface area is 206 Å².